The van der Waals surface area contributed by atoms with Crippen LogP contribution >= 0.6 is 0 Å². The van der Waals surface area contributed by atoms with Gasteiger partial charge in [-0.2, -0.15) is 5.11 Å². The van der Waals surface area contributed by atoms with Crippen LogP contribution in [0.3, 0.4) is 0 Å². The lowest BCUT2D eigenvalue weighted by atomic mass is 9.94. The summed E-state index contributed by atoms with van der Waals surface area (Å²) in [6.07, 6.45) is 3.92. The van der Waals surface area contributed by atoms with Crippen molar-refractivity contribution in [3.05, 3.63) is 53.3 Å². The molecule has 19 heavy (non-hydrogen) atoms. The second kappa shape index (κ2) is 4.68. The molecular weight excluding hydrogens is 242 g/mol. The van der Waals surface area contributed by atoms with Gasteiger partial charge < -0.3 is 10.1 Å². The van der Waals surface area contributed by atoms with Crippen molar-refractivity contribution in [2.45, 2.75) is 6.04 Å². The highest BCUT2D eigenvalue weighted by Gasteiger charge is 2.27. The molecule has 1 amide bonds. The zero-order chi connectivity index (χ0) is 13.2. The van der Waals surface area contributed by atoms with E-state index in [-0.39, 0.29) is 11.9 Å². The van der Waals surface area contributed by atoms with E-state index in [1.54, 1.807) is 7.11 Å². The summed E-state index contributed by atoms with van der Waals surface area (Å²) in [5.74, 6) is 0.489. The number of dihydropyridines is 1. The molecule has 0 bridgehead atoms. The van der Waals surface area contributed by atoms with Crippen molar-refractivity contribution in [1.82, 2.24) is 5.32 Å². The monoisotopic (exact) mass is 255 g/mol. The average Bonchev–Trinajstić information content (AvgIpc) is 2.48. The van der Waals surface area contributed by atoms with E-state index in [4.69, 9.17) is 4.74 Å². The number of nitrogens with zero attached hydrogens (tertiary/aromatic N) is 2. The van der Waals surface area contributed by atoms with E-state index in [9.17, 15) is 4.79 Å². The molecule has 0 spiro atoms. The lowest BCUT2D eigenvalue weighted by Crippen LogP contribution is -2.27. The first-order chi connectivity index (χ1) is 9.29. The van der Waals surface area contributed by atoms with Gasteiger partial charge in [0.2, 0.25) is 0 Å². The van der Waals surface area contributed by atoms with Gasteiger partial charge in [-0.15, -0.1) is 5.11 Å². The maximum atomic E-state index is 11.7. The second-order valence-electron chi connectivity index (χ2n) is 4.31. The Morgan fingerprint density at radius 3 is 2.84 bits per heavy atom. The number of hydrogen-bond donors (Lipinski definition) is 1. The van der Waals surface area contributed by atoms with E-state index in [2.05, 4.69) is 15.5 Å². The molecule has 0 radical (unpaired) electrons. The third-order valence-electron chi connectivity index (χ3n) is 3.19. The average molecular weight is 255 g/mol. The minimum atomic E-state index is -0.302. The molecule has 2 aliphatic heterocycles. The Morgan fingerprint density at radius 2 is 2.11 bits per heavy atom. The summed E-state index contributed by atoms with van der Waals surface area (Å²) in [6.45, 7) is 0.648. The first kappa shape index (κ1) is 11.6. The highest BCUT2D eigenvalue weighted by atomic mass is 16.5. The van der Waals surface area contributed by atoms with Gasteiger partial charge >= 0.3 is 5.91 Å². The second-order valence-corrected chi connectivity index (χ2v) is 4.31. The van der Waals surface area contributed by atoms with Crippen LogP contribution in [0.5, 0.6) is 5.75 Å². The van der Waals surface area contributed by atoms with Crippen LogP contribution in [0.4, 0.5) is 0 Å². The highest BCUT2D eigenvalue weighted by Crippen LogP contribution is 2.34. The number of methoxy groups -OCH3 is 1. The molecule has 0 saturated carbocycles. The number of amides is 1. The van der Waals surface area contributed by atoms with Crippen LogP contribution in [-0.4, -0.2) is 19.6 Å². The number of hydrogen-bond acceptors (Lipinski definition) is 4. The molecule has 2 aliphatic rings. The van der Waals surface area contributed by atoms with Crippen molar-refractivity contribution in [2.75, 3.05) is 13.7 Å². The summed E-state index contributed by atoms with van der Waals surface area (Å²) >= 11 is 0. The first-order valence-corrected chi connectivity index (χ1v) is 6.03. The Balaban J connectivity index is 1.99. The number of ether oxygens (including phenoxy) is 1. The van der Waals surface area contributed by atoms with Crippen LogP contribution in [0.15, 0.2) is 57.9 Å². The molecule has 2 heterocycles. The Labute approximate surface area is 110 Å². The van der Waals surface area contributed by atoms with E-state index in [1.807, 2.05) is 36.4 Å². The number of nitrogens with one attached hydrogen (secondary N) is 1. The summed E-state index contributed by atoms with van der Waals surface area (Å²) in [5.41, 5.74) is 2.41. The fourth-order valence-electron chi connectivity index (χ4n) is 2.21. The summed E-state index contributed by atoms with van der Waals surface area (Å²) < 4.78 is 5.13. The SMILES string of the molecule is COc1ccc(C2N=NC(=O)C3=C2C=CCN3)cc1. The lowest BCUT2D eigenvalue weighted by molar-refractivity contribution is -0.115. The van der Waals surface area contributed by atoms with Gasteiger partial charge in [0.15, 0.2) is 0 Å². The molecule has 1 unspecified atom stereocenters. The van der Waals surface area contributed by atoms with Gasteiger partial charge in [0.05, 0.1) is 7.11 Å². The van der Waals surface area contributed by atoms with E-state index in [1.165, 1.54) is 0 Å². The highest BCUT2D eigenvalue weighted by molar-refractivity contribution is 5.95. The lowest BCUT2D eigenvalue weighted by Gasteiger charge is -2.23. The predicted molar refractivity (Wildman–Crippen MR) is 69.8 cm³/mol. The van der Waals surface area contributed by atoms with Crippen LogP contribution in [0.25, 0.3) is 0 Å². The topological polar surface area (TPSA) is 63.1 Å². The van der Waals surface area contributed by atoms with Gasteiger partial charge in [0.25, 0.3) is 0 Å². The third kappa shape index (κ3) is 2.03. The van der Waals surface area contributed by atoms with Crippen LogP contribution in [0.2, 0.25) is 0 Å². The van der Waals surface area contributed by atoms with Crippen LogP contribution in [0, 0.1) is 0 Å². The molecule has 96 valence electrons. The van der Waals surface area contributed by atoms with Crippen molar-refractivity contribution >= 4 is 5.91 Å². The van der Waals surface area contributed by atoms with Crippen molar-refractivity contribution < 1.29 is 9.53 Å². The molecule has 0 fully saturated rings. The predicted octanol–water partition coefficient (Wildman–Crippen LogP) is 2.14. The number of azo groups is 1. The van der Waals surface area contributed by atoms with E-state index in [0.29, 0.717) is 12.2 Å². The van der Waals surface area contributed by atoms with Gasteiger partial charge in [-0.3, -0.25) is 4.79 Å². The number of benzene rings is 1. The normalized spacial score (nSPS) is 21.1. The Kier molecular flexibility index (Phi) is 2.87. The van der Waals surface area contributed by atoms with E-state index < -0.39 is 0 Å². The fourth-order valence-corrected chi connectivity index (χ4v) is 2.21. The van der Waals surface area contributed by atoms with Gasteiger partial charge in [-0.25, -0.2) is 0 Å². The largest absolute Gasteiger partial charge is 0.497 e. The molecule has 3 rings (SSSR count). The third-order valence-corrected chi connectivity index (χ3v) is 3.19. The molecule has 0 saturated heterocycles. The summed E-state index contributed by atoms with van der Waals surface area (Å²) in [5, 5.41) is 10.9. The molecule has 1 atom stereocenters. The molecular formula is C14H13N3O2. The minimum Gasteiger partial charge on any atom is -0.497 e. The van der Waals surface area contributed by atoms with Crippen molar-refractivity contribution in [2.24, 2.45) is 10.2 Å². The standard InChI is InChI=1S/C14H13N3O2/c1-19-10-6-4-9(5-7-10)12-11-3-2-8-15-13(11)14(18)17-16-12/h2-7,12,15H,8H2,1H3. The van der Waals surface area contributed by atoms with Gasteiger partial charge in [0, 0.05) is 12.1 Å². The first-order valence-electron chi connectivity index (χ1n) is 6.03. The maximum absolute atomic E-state index is 11.7. The van der Waals surface area contributed by atoms with Crippen molar-refractivity contribution in [3.63, 3.8) is 0 Å². The smallest absolute Gasteiger partial charge is 0.311 e. The molecule has 5 nitrogen and oxygen atoms in total. The minimum absolute atomic E-state index is 0.234. The molecule has 1 N–H and O–H groups in total. The Morgan fingerprint density at radius 1 is 1.32 bits per heavy atom. The summed E-state index contributed by atoms with van der Waals surface area (Å²) in [4.78, 5) is 11.7. The number of carbonyl (C=O) groups excluding carboxylic acids is 1. The summed E-state index contributed by atoms with van der Waals surface area (Å²) in [6, 6.07) is 7.39. The number of carbonyl (C=O) groups is 1. The maximum Gasteiger partial charge on any atom is 0.311 e. The molecule has 1 aromatic carbocycles. The number of rotatable bonds is 2. The zero-order valence-electron chi connectivity index (χ0n) is 10.5. The van der Waals surface area contributed by atoms with Crippen molar-refractivity contribution in [3.8, 4) is 5.75 Å². The van der Waals surface area contributed by atoms with Crippen LogP contribution in [-0.2, 0) is 4.79 Å². The van der Waals surface area contributed by atoms with E-state index in [0.717, 1.165) is 16.9 Å². The van der Waals surface area contributed by atoms with E-state index >= 15 is 0 Å². The van der Waals surface area contributed by atoms with Gasteiger partial charge in [-0.1, -0.05) is 24.3 Å². The fraction of sp³-hybridized carbons (Fsp3) is 0.214. The Hall–Kier alpha value is -2.43. The molecule has 5 heteroatoms. The van der Waals surface area contributed by atoms with Gasteiger partial charge in [0.1, 0.15) is 17.5 Å². The Bertz CT molecular complexity index is 600. The molecule has 1 aromatic rings. The molecule has 0 aliphatic carbocycles. The zero-order valence-corrected chi connectivity index (χ0v) is 10.5. The van der Waals surface area contributed by atoms with Crippen molar-refractivity contribution in [1.29, 1.82) is 0 Å². The molecule has 0 aromatic heterocycles. The quantitative estimate of drug-likeness (QED) is 0.880. The van der Waals surface area contributed by atoms with Gasteiger partial charge in [-0.05, 0) is 17.7 Å². The summed E-state index contributed by atoms with van der Waals surface area (Å²) in [7, 11) is 1.63. The van der Waals surface area contributed by atoms with Crippen LogP contribution < -0.4 is 10.1 Å². The van der Waals surface area contributed by atoms with Crippen LogP contribution in [0.1, 0.15) is 11.6 Å².